The van der Waals surface area contributed by atoms with Gasteiger partial charge in [0.15, 0.2) is 0 Å². The Kier molecular flexibility index (Phi) is 0.765. The second-order valence-corrected chi connectivity index (χ2v) is 3.27. The van der Waals surface area contributed by atoms with Crippen LogP contribution in [0.2, 0.25) is 0 Å². The second-order valence-electron chi connectivity index (χ2n) is 3.27. The summed E-state index contributed by atoms with van der Waals surface area (Å²) in [6, 6.07) is 0. The molecule has 0 aromatic rings. The first-order valence-electron chi connectivity index (χ1n) is 3.54. The van der Waals surface area contributed by atoms with Crippen molar-refractivity contribution in [3.63, 3.8) is 0 Å². The third kappa shape index (κ3) is 0.485. The number of nitrogens with one attached hydrogen (secondary N) is 1. The predicted molar refractivity (Wildman–Crippen MR) is 33.8 cm³/mol. The molecule has 2 nitrogen and oxygen atoms in total. The van der Waals surface area contributed by atoms with Gasteiger partial charge in [0.05, 0.1) is 5.41 Å². The van der Waals surface area contributed by atoms with Crippen LogP contribution in [0.1, 0.15) is 19.8 Å². The molecule has 1 aliphatic heterocycles. The van der Waals surface area contributed by atoms with Crippen molar-refractivity contribution in [2.75, 3.05) is 6.54 Å². The van der Waals surface area contributed by atoms with E-state index in [1.807, 2.05) is 0 Å². The van der Waals surface area contributed by atoms with E-state index in [1.54, 1.807) is 0 Å². The minimum absolute atomic E-state index is 0.111. The molecule has 1 unspecified atom stereocenters. The van der Waals surface area contributed by atoms with Gasteiger partial charge in [0, 0.05) is 6.54 Å². The fraction of sp³-hybridized carbons (Fsp3) is 0.857. The zero-order valence-corrected chi connectivity index (χ0v) is 5.61. The predicted octanol–water partition coefficient (Wildman–Crippen LogP) is 0.532. The summed E-state index contributed by atoms with van der Waals surface area (Å²) in [5.41, 5.74) is 0.111. The quantitative estimate of drug-likeness (QED) is 0.502. The normalized spacial score (nSPS) is 47.7. The van der Waals surface area contributed by atoms with Gasteiger partial charge in [-0.1, -0.05) is 6.92 Å². The number of hydrogen-bond acceptors (Lipinski definition) is 1. The van der Waals surface area contributed by atoms with Crippen molar-refractivity contribution in [3.8, 4) is 0 Å². The molecule has 2 rings (SSSR count). The van der Waals surface area contributed by atoms with Gasteiger partial charge in [-0.05, 0) is 18.8 Å². The van der Waals surface area contributed by atoms with Gasteiger partial charge < -0.3 is 5.32 Å². The average Bonchev–Trinajstić information content (AvgIpc) is 2.29. The van der Waals surface area contributed by atoms with E-state index < -0.39 is 0 Å². The van der Waals surface area contributed by atoms with Crippen LogP contribution in [0, 0.1) is 11.3 Å². The van der Waals surface area contributed by atoms with E-state index in [2.05, 4.69) is 12.2 Å². The van der Waals surface area contributed by atoms with Crippen molar-refractivity contribution < 1.29 is 4.79 Å². The first kappa shape index (κ1) is 5.27. The molecule has 1 saturated carbocycles. The third-order valence-corrected chi connectivity index (χ3v) is 2.76. The monoisotopic (exact) mass is 125 g/mol. The molecule has 2 aliphatic rings. The Morgan fingerprint density at radius 2 is 2.44 bits per heavy atom. The third-order valence-electron chi connectivity index (χ3n) is 2.76. The maximum Gasteiger partial charge on any atom is 0.226 e. The van der Waals surface area contributed by atoms with Gasteiger partial charge in [-0.15, -0.1) is 0 Å². The van der Waals surface area contributed by atoms with Crippen LogP contribution in [0.25, 0.3) is 0 Å². The van der Waals surface area contributed by atoms with E-state index in [1.165, 1.54) is 0 Å². The van der Waals surface area contributed by atoms with Gasteiger partial charge in [0.1, 0.15) is 0 Å². The molecule has 50 valence electrons. The molecule has 1 N–H and O–H groups in total. The number of amides is 1. The lowest BCUT2D eigenvalue weighted by Gasteiger charge is -1.99. The Labute approximate surface area is 54.6 Å². The fourth-order valence-corrected chi connectivity index (χ4v) is 1.84. The van der Waals surface area contributed by atoms with Crippen LogP contribution in [-0.2, 0) is 4.79 Å². The lowest BCUT2D eigenvalue weighted by Crippen LogP contribution is -2.20. The summed E-state index contributed by atoms with van der Waals surface area (Å²) in [4.78, 5) is 11.1. The largest absolute Gasteiger partial charge is 0.356 e. The molecule has 2 atom stereocenters. The highest BCUT2D eigenvalue weighted by molar-refractivity contribution is 5.87. The van der Waals surface area contributed by atoms with Crippen molar-refractivity contribution in [2.45, 2.75) is 19.8 Å². The van der Waals surface area contributed by atoms with Gasteiger partial charge >= 0.3 is 0 Å². The van der Waals surface area contributed by atoms with Crippen LogP contribution in [0.5, 0.6) is 0 Å². The SMILES string of the molecule is CC1C[C@@]12CCNC2=O. The number of carbonyl (C=O) groups excluding carboxylic acids is 1. The molecule has 1 aliphatic carbocycles. The standard InChI is InChI=1S/C7H11NO/c1-5-4-7(5)2-3-8-6(7)9/h5H,2-4H2,1H3,(H,8,9)/t5?,7-/m0/s1. The number of hydrogen-bond donors (Lipinski definition) is 1. The smallest absolute Gasteiger partial charge is 0.226 e. The summed E-state index contributed by atoms with van der Waals surface area (Å²) in [5.74, 6) is 0.954. The highest BCUT2D eigenvalue weighted by atomic mass is 16.2. The first-order valence-corrected chi connectivity index (χ1v) is 3.54. The molecule has 1 spiro atoms. The topological polar surface area (TPSA) is 29.1 Å². The summed E-state index contributed by atoms with van der Waals surface area (Å²) in [5, 5.41) is 2.86. The zero-order chi connectivity index (χ0) is 6.48. The van der Waals surface area contributed by atoms with Gasteiger partial charge in [-0.25, -0.2) is 0 Å². The lowest BCUT2D eigenvalue weighted by atomic mass is 10.0. The summed E-state index contributed by atoms with van der Waals surface area (Å²) in [6.07, 6.45) is 2.20. The molecular formula is C7H11NO. The molecule has 2 heteroatoms. The van der Waals surface area contributed by atoms with Crippen molar-refractivity contribution in [1.29, 1.82) is 0 Å². The molecular weight excluding hydrogens is 114 g/mol. The Hall–Kier alpha value is -0.530. The van der Waals surface area contributed by atoms with Gasteiger partial charge in [0.25, 0.3) is 0 Å². The maximum atomic E-state index is 11.1. The van der Waals surface area contributed by atoms with E-state index in [0.717, 1.165) is 19.4 Å². The minimum Gasteiger partial charge on any atom is -0.356 e. The van der Waals surface area contributed by atoms with Crippen LogP contribution >= 0.6 is 0 Å². The number of carbonyl (C=O) groups is 1. The summed E-state index contributed by atoms with van der Waals surface area (Å²) < 4.78 is 0. The molecule has 0 radical (unpaired) electrons. The van der Waals surface area contributed by atoms with Gasteiger partial charge in [-0.3, -0.25) is 4.79 Å². The van der Waals surface area contributed by atoms with E-state index >= 15 is 0 Å². The Morgan fingerprint density at radius 1 is 1.78 bits per heavy atom. The molecule has 1 saturated heterocycles. The molecule has 0 bridgehead atoms. The zero-order valence-electron chi connectivity index (χ0n) is 5.61. The van der Waals surface area contributed by atoms with Crippen LogP contribution in [0.3, 0.4) is 0 Å². The molecule has 0 aromatic carbocycles. The van der Waals surface area contributed by atoms with Crippen LogP contribution in [-0.4, -0.2) is 12.5 Å². The Balaban J connectivity index is 2.21. The summed E-state index contributed by atoms with van der Waals surface area (Å²) in [7, 11) is 0. The van der Waals surface area contributed by atoms with Crippen molar-refractivity contribution in [2.24, 2.45) is 11.3 Å². The molecule has 1 heterocycles. The van der Waals surface area contributed by atoms with Crippen LogP contribution in [0.15, 0.2) is 0 Å². The van der Waals surface area contributed by atoms with Crippen LogP contribution in [0.4, 0.5) is 0 Å². The van der Waals surface area contributed by atoms with Crippen LogP contribution < -0.4 is 5.32 Å². The highest BCUT2D eigenvalue weighted by Gasteiger charge is 2.58. The van der Waals surface area contributed by atoms with E-state index in [-0.39, 0.29) is 5.41 Å². The number of rotatable bonds is 0. The maximum absolute atomic E-state index is 11.1. The van der Waals surface area contributed by atoms with Crippen molar-refractivity contribution >= 4 is 5.91 Å². The summed E-state index contributed by atoms with van der Waals surface area (Å²) >= 11 is 0. The van der Waals surface area contributed by atoms with Crippen molar-refractivity contribution in [1.82, 2.24) is 5.32 Å². The van der Waals surface area contributed by atoms with E-state index in [0.29, 0.717) is 11.8 Å². The molecule has 0 aromatic heterocycles. The van der Waals surface area contributed by atoms with Gasteiger partial charge in [0.2, 0.25) is 5.91 Å². The van der Waals surface area contributed by atoms with Gasteiger partial charge in [-0.2, -0.15) is 0 Å². The van der Waals surface area contributed by atoms with E-state index in [9.17, 15) is 4.79 Å². The lowest BCUT2D eigenvalue weighted by molar-refractivity contribution is -0.123. The van der Waals surface area contributed by atoms with Crippen molar-refractivity contribution in [3.05, 3.63) is 0 Å². The second kappa shape index (κ2) is 1.31. The molecule has 2 fully saturated rings. The fourth-order valence-electron chi connectivity index (χ4n) is 1.84. The molecule has 1 amide bonds. The average molecular weight is 125 g/mol. The minimum atomic E-state index is 0.111. The Bertz CT molecular complexity index is 166. The first-order chi connectivity index (χ1) is 4.26. The van der Waals surface area contributed by atoms with E-state index in [4.69, 9.17) is 0 Å². The Morgan fingerprint density at radius 3 is 2.67 bits per heavy atom. The summed E-state index contributed by atoms with van der Waals surface area (Å²) in [6.45, 7) is 3.06. The molecule has 9 heavy (non-hydrogen) atoms. The highest BCUT2D eigenvalue weighted by Crippen LogP contribution is 2.56.